The van der Waals surface area contributed by atoms with Gasteiger partial charge in [0, 0.05) is 12.1 Å². The molecule has 1 aliphatic rings. The number of rotatable bonds is 21. The van der Waals surface area contributed by atoms with Crippen molar-refractivity contribution in [3.63, 3.8) is 0 Å². The maximum Gasteiger partial charge on any atom is 0.259 e. The monoisotopic (exact) mass is 961 g/mol. The fourth-order valence-electron chi connectivity index (χ4n) is 7.80. The predicted octanol–water partition coefficient (Wildman–Crippen LogP) is 9.17. The molecule has 3 aromatic carbocycles. The largest absolute Gasteiger partial charge is 0.497 e. The first kappa shape index (κ1) is 50.9. The van der Waals surface area contributed by atoms with Gasteiger partial charge in [0.15, 0.2) is 31.5 Å². The highest BCUT2D eigenvalue weighted by atomic mass is 32.2. The zero-order valence-electron chi connectivity index (χ0n) is 40.0. The Kier molecular flexibility index (Phi) is 16.3. The standard InChI is InChI=1S/C47H64N7O9PSSi/c1-32(2)54(33(3)4)64(60-28-16-27-48)62-41-39(29-59-47(34-17-14-13-15-18-34,35-19-23-37(57-8)24-20-35)36-21-25-38(58-9)26-22-36)61-45(42(41)63-66(11,12)46(5,6)7)53-31-51-40-43(52-65(10,55)56)49-30-50-44(40)53/h13-15,17-26,30-33,39,41-42,45H,16,28-29H2,1-12H3,(H,49,50,52)/t39-,41?,42+,45-,64?/m1/s1. The number of aromatic nitrogens is 4. The minimum absolute atomic E-state index is 0.00305. The molecule has 0 amide bonds. The Balaban J connectivity index is 1.58. The lowest BCUT2D eigenvalue weighted by atomic mass is 9.80. The van der Waals surface area contributed by atoms with Gasteiger partial charge in [-0.2, -0.15) is 5.26 Å². The van der Waals surface area contributed by atoms with E-state index in [0.29, 0.717) is 17.1 Å². The molecule has 1 saturated heterocycles. The number of ether oxygens (including phenoxy) is 4. The second kappa shape index (κ2) is 21.2. The van der Waals surface area contributed by atoms with E-state index in [2.05, 4.69) is 92.0 Å². The minimum atomic E-state index is -3.72. The van der Waals surface area contributed by atoms with Crippen LogP contribution in [0.15, 0.2) is 91.5 Å². The third-order valence-corrected chi connectivity index (χ3v) is 19.1. The first-order valence-electron chi connectivity index (χ1n) is 22.0. The summed E-state index contributed by atoms with van der Waals surface area (Å²) in [6, 6.07) is 27.8. The number of anilines is 1. The number of hydrogen-bond donors (Lipinski definition) is 1. The summed E-state index contributed by atoms with van der Waals surface area (Å²) in [4.78, 5) is 13.5. The summed E-state index contributed by atoms with van der Waals surface area (Å²) < 4.78 is 78.6. The van der Waals surface area contributed by atoms with Crippen LogP contribution in [0.25, 0.3) is 11.2 Å². The van der Waals surface area contributed by atoms with Crippen LogP contribution in [0.3, 0.4) is 0 Å². The lowest BCUT2D eigenvalue weighted by Gasteiger charge is -2.42. The summed E-state index contributed by atoms with van der Waals surface area (Å²) >= 11 is 0. The van der Waals surface area contributed by atoms with Crippen LogP contribution in [0.4, 0.5) is 5.82 Å². The molecule has 5 atom stereocenters. The molecular weight excluding hydrogens is 898 g/mol. The van der Waals surface area contributed by atoms with Gasteiger partial charge in [-0.15, -0.1) is 0 Å². The van der Waals surface area contributed by atoms with Gasteiger partial charge < -0.3 is 32.4 Å². The summed E-state index contributed by atoms with van der Waals surface area (Å²) in [6.45, 7) is 19.3. The highest BCUT2D eigenvalue weighted by molar-refractivity contribution is 7.92. The SMILES string of the molecule is COc1ccc(C(OC[C@H]2O[C@@H](n3cnc4c(NS(C)(=O)=O)ncnc43)[C@@H](O[Si](C)(C)C(C)(C)C)C2OP(OCCC#N)N(C(C)C)C(C)C)(c2ccccc2)c2ccc(OC)cc2)cc1. The summed E-state index contributed by atoms with van der Waals surface area (Å²) in [5, 5.41) is 9.36. The van der Waals surface area contributed by atoms with E-state index in [1.165, 1.54) is 6.33 Å². The quantitative estimate of drug-likeness (QED) is 0.0318. The summed E-state index contributed by atoms with van der Waals surface area (Å²) in [6.07, 6.45) is 0.661. The average Bonchev–Trinajstić information content (AvgIpc) is 3.84. The molecule has 5 aromatic rings. The minimum Gasteiger partial charge on any atom is -0.497 e. The molecule has 2 unspecified atom stereocenters. The molecule has 1 aliphatic heterocycles. The maximum absolute atomic E-state index is 12.4. The molecule has 0 bridgehead atoms. The van der Waals surface area contributed by atoms with E-state index in [9.17, 15) is 13.7 Å². The Bertz CT molecular complexity index is 2460. The zero-order chi connectivity index (χ0) is 48.0. The first-order valence-corrected chi connectivity index (χ1v) is 27.9. The number of sulfonamides is 1. The molecule has 0 saturated carbocycles. The van der Waals surface area contributed by atoms with Crippen LogP contribution in [0.2, 0.25) is 18.1 Å². The maximum atomic E-state index is 12.4. The summed E-state index contributed by atoms with van der Waals surface area (Å²) in [5.41, 5.74) is 1.86. The van der Waals surface area contributed by atoms with Gasteiger partial charge in [0.25, 0.3) is 8.53 Å². The van der Waals surface area contributed by atoms with E-state index < -0.39 is 57.0 Å². The molecule has 0 aliphatic carbocycles. The number of hydrogen-bond acceptors (Lipinski definition) is 14. The van der Waals surface area contributed by atoms with Gasteiger partial charge in [0.1, 0.15) is 41.7 Å². The summed E-state index contributed by atoms with van der Waals surface area (Å²) in [5.74, 6) is 1.40. The van der Waals surface area contributed by atoms with Gasteiger partial charge in [-0.1, -0.05) is 75.4 Å². The number of benzene rings is 3. The lowest BCUT2D eigenvalue weighted by Crippen LogP contribution is -2.50. The van der Waals surface area contributed by atoms with Crippen molar-refractivity contribution in [1.29, 1.82) is 5.26 Å². The number of methoxy groups -OCH3 is 2. The van der Waals surface area contributed by atoms with Crippen molar-refractivity contribution in [2.24, 2.45) is 0 Å². The van der Waals surface area contributed by atoms with Crippen molar-refractivity contribution in [3.05, 3.63) is 108 Å². The Morgan fingerprint density at radius 1 is 0.879 bits per heavy atom. The van der Waals surface area contributed by atoms with E-state index in [0.717, 1.165) is 22.9 Å². The van der Waals surface area contributed by atoms with Crippen molar-refractivity contribution >= 4 is 43.8 Å². The van der Waals surface area contributed by atoms with Crippen molar-refractivity contribution < 1.29 is 40.8 Å². The normalized spacial score (nSPS) is 18.8. The number of imidazole rings is 1. The molecule has 6 rings (SSSR count). The van der Waals surface area contributed by atoms with Crippen LogP contribution in [0.1, 0.15) is 77.8 Å². The van der Waals surface area contributed by atoms with Crippen LogP contribution in [-0.2, 0) is 38.6 Å². The second-order valence-electron chi connectivity index (χ2n) is 18.3. The van der Waals surface area contributed by atoms with Gasteiger partial charge in [-0.3, -0.25) is 9.29 Å². The molecule has 16 nitrogen and oxygen atoms in total. The third kappa shape index (κ3) is 11.2. The highest BCUT2D eigenvalue weighted by Gasteiger charge is 2.54. The van der Waals surface area contributed by atoms with Crippen molar-refractivity contribution in [2.75, 3.05) is 38.4 Å². The molecule has 0 spiro atoms. The smallest absolute Gasteiger partial charge is 0.259 e. The summed E-state index contributed by atoms with van der Waals surface area (Å²) in [7, 11) is -4.96. The number of fused-ring (bicyclic) bond motifs is 1. The van der Waals surface area contributed by atoms with Gasteiger partial charge in [-0.25, -0.2) is 28.0 Å². The van der Waals surface area contributed by atoms with E-state index in [-0.39, 0.29) is 48.1 Å². The fourth-order valence-corrected chi connectivity index (χ4v) is 11.4. The van der Waals surface area contributed by atoms with Crippen LogP contribution >= 0.6 is 8.53 Å². The van der Waals surface area contributed by atoms with Crippen LogP contribution in [0.5, 0.6) is 11.5 Å². The predicted molar refractivity (Wildman–Crippen MR) is 258 cm³/mol. The zero-order valence-corrected chi connectivity index (χ0v) is 42.7. The second-order valence-corrected chi connectivity index (χ2v) is 26.2. The van der Waals surface area contributed by atoms with Gasteiger partial charge in [0.05, 0.1) is 52.5 Å². The molecule has 0 radical (unpaired) electrons. The fraction of sp³-hybridized carbons (Fsp3) is 0.489. The Morgan fingerprint density at radius 3 is 1.97 bits per heavy atom. The number of nitrogens with one attached hydrogen (secondary N) is 1. The number of nitrogens with zero attached hydrogens (tertiary/aromatic N) is 6. The molecule has 19 heteroatoms. The molecule has 1 N–H and O–H groups in total. The molecular formula is C47H64N7O9PSSi. The van der Waals surface area contributed by atoms with E-state index in [4.69, 9.17) is 32.4 Å². The lowest BCUT2D eigenvalue weighted by molar-refractivity contribution is -0.0926. The molecule has 2 aromatic heterocycles. The van der Waals surface area contributed by atoms with Crippen molar-refractivity contribution in [2.45, 2.75) is 115 Å². The van der Waals surface area contributed by atoms with Crippen LogP contribution in [0, 0.1) is 11.3 Å². The van der Waals surface area contributed by atoms with Crippen molar-refractivity contribution in [1.82, 2.24) is 24.2 Å². The van der Waals surface area contributed by atoms with E-state index >= 15 is 0 Å². The van der Waals surface area contributed by atoms with Crippen LogP contribution < -0.4 is 14.2 Å². The first-order chi connectivity index (χ1) is 31.2. The highest BCUT2D eigenvalue weighted by Crippen LogP contribution is 2.53. The van der Waals surface area contributed by atoms with Gasteiger partial charge >= 0.3 is 0 Å². The molecule has 1 fully saturated rings. The van der Waals surface area contributed by atoms with Crippen LogP contribution in [-0.4, -0.2) is 105 Å². The van der Waals surface area contributed by atoms with E-state index in [1.807, 2.05) is 78.9 Å². The topological polar surface area (TPSA) is 181 Å². The van der Waals surface area contributed by atoms with E-state index in [1.54, 1.807) is 25.1 Å². The Morgan fingerprint density at radius 2 is 1.45 bits per heavy atom. The van der Waals surface area contributed by atoms with Gasteiger partial charge in [0.2, 0.25) is 10.0 Å². The molecule has 356 valence electrons. The Labute approximate surface area is 392 Å². The molecule has 3 heterocycles. The number of nitriles is 1. The Hall–Kier alpha value is -4.54. The van der Waals surface area contributed by atoms with Crippen molar-refractivity contribution in [3.8, 4) is 17.6 Å². The van der Waals surface area contributed by atoms with Gasteiger partial charge in [-0.05, 0) is 86.8 Å². The average molecular weight is 962 g/mol. The molecule has 66 heavy (non-hydrogen) atoms. The third-order valence-electron chi connectivity index (χ3n) is 11.9.